The normalized spacial score (nSPS) is 14.8. The zero-order valence-electron chi connectivity index (χ0n) is 14.6. The van der Waals surface area contributed by atoms with Crippen molar-refractivity contribution < 1.29 is 15.1 Å². The molecule has 28 heavy (non-hydrogen) atoms. The number of benzene rings is 2. The van der Waals surface area contributed by atoms with Gasteiger partial charge in [-0.05, 0) is 43.2 Å². The maximum Gasteiger partial charge on any atom is 0.121 e. The van der Waals surface area contributed by atoms with Crippen molar-refractivity contribution >= 4 is 46.7 Å². The number of allylic oxidation sites excluding steroid dienone is 1. The van der Waals surface area contributed by atoms with E-state index in [4.69, 9.17) is 50.2 Å². The van der Waals surface area contributed by atoms with Crippen LogP contribution in [0.4, 0.5) is 0 Å². The molecular formula is C20H17Cl3N2O3. The molecule has 2 aromatic carbocycles. The van der Waals surface area contributed by atoms with Gasteiger partial charge in [-0.25, -0.2) is 0 Å². The number of aliphatic hydroxyl groups is 1. The Labute approximate surface area is 177 Å². The molecular weight excluding hydrogens is 423 g/mol. The molecule has 1 saturated carbocycles. The van der Waals surface area contributed by atoms with E-state index in [9.17, 15) is 5.11 Å². The molecule has 0 aliphatic heterocycles. The van der Waals surface area contributed by atoms with Crippen molar-refractivity contribution in [2.24, 2.45) is 11.1 Å². The lowest BCUT2D eigenvalue weighted by atomic mass is 10.00. The Morgan fingerprint density at radius 3 is 2.39 bits per heavy atom. The van der Waals surface area contributed by atoms with E-state index in [1.807, 2.05) is 0 Å². The summed E-state index contributed by atoms with van der Waals surface area (Å²) in [6, 6.07) is 9.84. The molecule has 0 radical (unpaired) electrons. The molecule has 0 aromatic heterocycles. The van der Waals surface area contributed by atoms with E-state index in [2.05, 4.69) is 5.16 Å². The highest BCUT2D eigenvalue weighted by Crippen LogP contribution is 2.38. The third kappa shape index (κ3) is 4.61. The van der Waals surface area contributed by atoms with E-state index in [0.717, 1.165) is 12.8 Å². The predicted octanol–water partition coefficient (Wildman–Crippen LogP) is 6.12. The number of oxime groups is 1. The molecule has 2 aromatic rings. The molecule has 1 fully saturated rings. The van der Waals surface area contributed by atoms with Crippen LogP contribution in [0.1, 0.15) is 24.0 Å². The summed E-state index contributed by atoms with van der Waals surface area (Å²) < 4.78 is 5.77. The Bertz CT molecular complexity index is 949. The fraction of sp³-hybridized carbons (Fsp3) is 0.200. The molecule has 0 spiro atoms. The SMILES string of the molecule is N=C(/C(COc1ccc(/C=N/O)c(Cl)c1)=C(\O)C1CC1)c1c(Cl)cccc1Cl. The standard InChI is InChI=1S/C20H17Cl3N2O3/c21-15-2-1-3-16(22)18(15)19(24)14(20(26)11-4-5-11)10-28-13-7-6-12(9-25-27)17(23)8-13/h1-3,6-9,11,24,26-27H,4-5,10H2/b20-14-,24-19?,25-9+. The molecule has 0 heterocycles. The van der Waals surface area contributed by atoms with E-state index < -0.39 is 0 Å². The zero-order chi connectivity index (χ0) is 20.3. The predicted molar refractivity (Wildman–Crippen MR) is 112 cm³/mol. The van der Waals surface area contributed by atoms with Gasteiger partial charge in [-0.1, -0.05) is 46.0 Å². The van der Waals surface area contributed by atoms with Crippen molar-refractivity contribution in [2.75, 3.05) is 6.61 Å². The molecule has 5 nitrogen and oxygen atoms in total. The van der Waals surface area contributed by atoms with Crippen LogP contribution in [-0.4, -0.2) is 28.8 Å². The number of hydrogen-bond acceptors (Lipinski definition) is 5. The Balaban J connectivity index is 1.87. The van der Waals surface area contributed by atoms with Gasteiger partial charge in [-0.3, -0.25) is 5.41 Å². The molecule has 0 saturated heterocycles. The highest BCUT2D eigenvalue weighted by molar-refractivity contribution is 6.41. The van der Waals surface area contributed by atoms with Gasteiger partial charge < -0.3 is 15.1 Å². The van der Waals surface area contributed by atoms with Gasteiger partial charge in [0.2, 0.25) is 0 Å². The van der Waals surface area contributed by atoms with Crippen LogP contribution >= 0.6 is 34.8 Å². The number of ether oxygens (including phenoxy) is 1. The van der Waals surface area contributed by atoms with Gasteiger partial charge in [0, 0.05) is 17.0 Å². The smallest absolute Gasteiger partial charge is 0.121 e. The number of rotatable bonds is 7. The van der Waals surface area contributed by atoms with Crippen LogP contribution in [0.3, 0.4) is 0 Å². The van der Waals surface area contributed by atoms with Crippen molar-refractivity contribution in [3.63, 3.8) is 0 Å². The lowest BCUT2D eigenvalue weighted by molar-refractivity contribution is 0.321. The number of nitrogens with one attached hydrogen (secondary N) is 1. The molecule has 146 valence electrons. The largest absolute Gasteiger partial charge is 0.512 e. The Kier molecular flexibility index (Phi) is 6.50. The highest BCUT2D eigenvalue weighted by atomic mass is 35.5. The Hall–Kier alpha value is -2.21. The summed E-state index contributed by atoms with van der Waals surface area (Å²) in [5.74, 6) is 0.585. The van der Waals surface area contributed by atoms with Gasteiger partial charge in [0.1, 0.15) is 18.1 Å². The van der Waals surface area contributed by atoms with E-state index in [0.29, 0.717) is 37.5 Å². The number of hydrogen-bond donors (Lipinski definition) is 3. The second kappa shape index (κ2) is 8.86. The van der Waals surface area contributed by atoms with Gasteiger partial charge in [-0.15, -0.1) is 0 Å². The van der Waals surface area contributed by atoms with Crippen LogP contribution < -0.4 is 4.74 Å². The summed E-state index contributed by atoms with van der Waals surface area (Å²) in [4.78, 5) is 0. The monoisotopic (exact) mass is 438 g/mol. The summed E-state index contributed by atoms with van der Waals surface area (Å²) in [5, 5.41) is 31.8. The van der Waals surface area contributed by atoms with E-state index in [1.54, 1.807) is 36.4 Å². The van der Waals surface area contributed by atoms with Crippen molar-refractivity contribution in [1.82, 2.24) is 0 Å². The highest BCUT2D eigenvalue weighted by Gasteiger charge is 2.31. The third-order valence-corrected chi connectivity index (χ3v) is 5.30. The summed E-state index contributed by atoms with van der Waals surface area (Å²) in [7, 11) is 0. The van der Waals surface area contributed by atoms with Crippen LogP contribution in [0, 0.1) is 11.3 Å². The lowest BCUT2D eigenvalue weighted by Gasteiger charge is -2.16. The molecule has 0 atom stereocenters. The lowest BCUT2D eigenvalue weighted by Crippen LogP contribution is -2.16. The number of halogens is 3. The molecule has 0 bridgehead atoms. The first kappa shape index (κ1) is 20.5. The molecule has 3 N–H and O–H groups in total. The van der Waals surface area contributed by atoms with Gasteiger partial charge in [0.25, 0.3) is 0 Å². The number of nitrogens with zero attached hydrogens (tertiary/aromatic N) is 1. The van der Waals surface area contributed by atoms with Crippen molar-refractivity contribution in [3.8, 4) is 5.75 Å². The molecule has 0 unspecified atom stereocenters. The topological polar surface area (TPSA) is 85.9 Å². The van der Waals surface area contributed by atoms with Crippen molar-refractivity contribution in [1.29, 1.82) is 5.41 Å². The van der Waals surface area contributed by atoms with E-state index >= 15 is 0 Å². The van der Waals surface area contributed by atoms with Crippen LogP contribution in [0.2, 0.25) is 15.1 Å². The third-order valence-electron chi connectivity index (χ3n) is 4.34. The van der Waals surface area contributed by atoms with Crippen LogP contribution in [0.5, 0.6) is 5.75 Å². The van der Waals surface area contributed by atoms with Gasteiger partial charge in [0.15, 0.2) is 0 Å². The molecule has 8 heteroatoms. The van der Waals surface area contributed by atoms with Crippen LogP contribution in [-0.2, 0) is 0 Å². The second-order valence-corrected chi connectivity index (χ2v) is 7.55. The summed E-state index contributed by atoms with van der Waals surface area (Å²) >= 11 is 18.6. The Morgan fingerprint density at radius 1 is 1.14 bits per heavy atom. The molecule has 1 aliphatic carbocycles. The first-order valence-corrected chi connectivity index (χ1v) is 9.60. The van der Waals surface area contributed by atoms with Crippen molar-refractivity contribution in [3.05, 3.63) is 73.9 Å². The summed E-state index contributed by atoms with van der Waals surface area (Å²) in [5.41, 5.74) is 1.23. The maximum atomic E-state index is 10.6. The van der Waals surface area contributed by atoms with Gasteiger partial charge in [0.05, 0.1) is 32.6 Å². The van der Waals surface area contributed by atoms with Gasteiger partial charge >= 0.3 is 0 Å². The first-order valence-electron chi connectivity index (χ1n) is 8.47. The minimum absolute atomic E-state index is 0.0203. The maximum absolute atomic E-state index is 10.6. The quantitative estimate of drug-likeness (QED) is 0.210. The Morgan fingerprint density at radius 2 is 1.82 bits per heavy atom. The van der Waals surface area contributed by atoms with E-state index in [-0.39, 0.29) is 24.0 Å². The minimum atomic E-state index is -0.0491. The summed E-state index contributed by atoms with van der Waals surface area (Å²) in [6.07, 6.45) is 2.94. The second-order valence-electron chi connectivity index (χ2n) is 6.33. The van der Waals surface area contributed by atoms with E-state index in [1.165, 1.54) is 6.21 Å². The molecule has 1 aliphatic rings. The number of aliphatic hydroxyl groups excluding tert-OH is 1. The molecule has 0 amide bonds. The average Bonchev–Trinajstić information content (AvgIpc) is 3.49. The first-order chi connectivity index (χ1) is 13.4. The minimum Gasteiger partial charge on any atom is -0.512 e. The van der Waals surface area contributed by atoms with Crippen LogP contribution in [0.25, 0.3) is 0 Å². The molecule has 3 rings (SSSR count). The fourth-order valence-electron chi connectivity index (χ4n) is 2.68. The van der Waals surface area contributed by atoms with Gasteiger partial charge in [-0.2, -0.15) is 0 Å². The van der Waals surface area contributed by atoms with Crippen LogP contribution in [0.15, 0.2) is 52.9 Å². The fourth-order valence-corrected chi connectivity index (χ4v) is 3.49. The summed E-state index contributed by atoms with van der Waals surface area (Å²) in [6.45, 7) is -0.0491. The average molecular weight is 440 g/mol. The van der Waals surface area contributed by atoms with Crippen molar-refractivity contribution in [2.45, 2.75) is 12.8 Å². The zero-order valence-corrected chi connectivity index (χ0v) is 16.9.